The molecule has 0 aliphatic rings. The zero-order chi connectivity index (χ0) is 10.8. The third-order valence-electron chi connectivity index (χ3n) is 2.16. The first-order chi connectivity index (χ1) is 7.20. The highest BCUT2D eigenvalue weighted by molar-refractivity contribution is 5.85. The van der Waals surface area contributed by atoms with Gasteiger partial charge in [0.2, 0.25) is 0 Å². The van der Waals surface area contributed by atoms with Crippen molar-refractivity contribution in [3.8, 4) is 0 Å². The van der Waals surface area contributed by atoms with Gasteiger partial charge in [-0.25, -0.2) is 4.98 Å². The van der Waals surface area contributed by atoms with Gasteiger partial charge in [-0.05, 0) is 12.1 Å². The van der Waals surface area contributed by atoms with Gasteiger partial charge in [0.15, 0.2) is 0 Å². The molecule has 0 radical (unpaired) electrons. The molecular weight excluding hydrogens is 230 g/mol. The number of esters is 1. The minimum Gasteiger partial charge on any atom is -0.469 e. The van der Waals surface area contributed by atoms with E-state index in [2.05, 4.69) is 9.72 Å². The highest BCUT2D eigenvalue weighted by Gasteiger charge is 2.08. The molecule has 0 bridgehead atoms. The number of methoxy groups -OCH3 is 1. The maximum absolute atomic E-state index is 11.1. The molecule has 0 fully saturated rings. The molecule has 6 heteroatoms. The predicted octanol–water partition coefficient (Wildman–Crippen LogP) is 1.05. The zero-order valence-corrected chi connectivity index (χ0v) is 9.53. The van der Waals surface area contributed by atoms with Crippen LogP contribution in [0.3, 0.4) is 0 Å². The molecule has 2 rings (SSSR count). The molecule has 0 aromatic carbocycles. The number of nitrogens with zero attached hydrogens (tertiary/aromatic N) is 2. The largest absolute Gasteiger partial charge is 0.469 e. The van der Waals surface area contributed by atoms with Crippen LogP contribution in [0.2, 0.25) is 0 Å². The van der Waals surface area contributed by atoms with E-state index in [0.717, 1.165) is 5.52 Å². The summed E-state index contributed by atoms with van der Waals surface area (Å²) in [6, 6.07) is 3.64. The van der Waals surface area contributed by atoms with E-state index in [1.807, 2.05) is 6.07 Å². The topological polar surface area (TPSA) is 69.6 Å². The Balaban J connectivity index is 0.00000128. The van der Waals surface area contributed by atoms with Crippen LogP contribution in [0.1, 0.15) is 5.82 Å². The van der Waals surface area contributed by atoms with Gasteiger partial charge in [-0.15, -0.1) is 12.4 Å². The van der Waals surface area contributed by atoms with Crippen LogP contribution in [0.4, 0.5) is 5.69 Å². The summed E-state index contributed by atoms with van der Waals surface area (Å²) in [6.45, 7) is 0. The fourth-order valence-electron chi connectivity index (χ4n) is 1.39. The van der Waals surface area contributed by atoms with Gasteiger partial charge in [0.1, 0.15) is 12.2 Å². The van der Waals surface area contributed by atoms with Gasteiger partial charge in [0, 0.05) is 11.9 Å². The van der Waals surface area contributed by atoms with Crippen LogP contribution in [0.25, 0.3) is 5.52 Å². The lowest BCUT2D eigenvalue weighted by Gasteiger charge is -2.01. The number of rotatable bonds is 2. The molecule has 0 aliphatic carbocycles. The number of fused-ring (bicyclic) bond motifs is 1. The van der Waals surface area contributed by atoms with Gasteiger partial charge in [-0.2, -0.15) is 0 Å². The Morgan fingerprint density at radius 3 is 3.00 bits per heavy atom. The van der Waals surface area contributed by atoms with Crippen LogP contribution in [0.15, 0.2) is 24.5 Å². The van der Waals surface area contributed by atoms with Gasteiger partial charge in [-0.1, -0.05) is 0 Å². The molecule has 0 aliphatic heterocycles. The molecule has 5 nitrogen and oxygen atoms in total. The van der Waals surface area contributed by atoms with Crippen LogP contribution in [0.5, 0.6) is 0 Å². The second-order valence-electron chi connectivity index (χ2n) is 3.18. The SMILES string of the molecule is COC(=O)Cc1ncc2ccc(N)cn12.Cl. The summed E-state index contributed by atoms with van der Waals surface area (Å²) in [5.41, 5.74) is 7.19. The van der Waals surface area contributed by atoms with E-state index in [-0.39, 0.29) is 24.8 Å². The van der Waals surface area contributed by atoms with Crippen LogP contribution in [-0.2, 0) is 16.0 Å². The number of halogens is 1. The standard InChI is InChI=1S/C10H11N3O2.ClH/c1-15-10(14)4-9-12-5-8-3-2-7(11)6-13(8)9;/h2-3,5-6H,4,11H2,1H3;1H. The Morgan fingerprint density at radius 1 is 1.56 bits per heavy atom. The maximum atomic E-state index is 11.1. The van der Waals surface area contributed by atoms with E-state index in [1.54, 1.807) is 22.9 Å². The van der Waals surface area contributed by atoms with E-state index >= 15 is 0 Å². The second-order valence-corrected chi connectivity index (χ2v) is 3.18. The van der Waals surface area contributed by atoms with Crippen molar-refractivity contribution in [1.82, 2.24) is 9.38 Å². The summed E-state index contributed by atoms with van der Waals surface area (Å²) >= 11 is 0. The molecular formula is C10H12ClN3O2. The Morgan fingerprint density at radius 2 is 2.31 bits per heavy atom. The maximum Gasteiger partial charge on any atom is 0.313 e. The molecule has 0 atom stereocenters. The summed E-state index contributed by atoms with van der Waals surface area (Å²) in [5, 5.41) is 0. The molecule has 16 heavy (non-hydrogen) atoms. The van der Waals surface area contributed by atoms with E-state index in [1.165, 1.54) is 7.11 Å². The number of imidazole rings is 1. The first-order valence-electron chi connectivity index (χ1n) is 4.49. The molecule has 2 aromatic rings. The van der Waals surface area contributed by atoms with E-state index in [4.69, 9.17) is 5.73 Å². The monoisotopic (exact) mass is 241 g/mol. The lowest BCUT2D eigenvalue weighted by molar-refractivity contribution is -0.139. The van der Waals surface area contributed by atoms with Crippen molar-refractivity contribution < 1.29 is 9.53 Å². The molecule has 2 aromatic heterocycles. The average Bonchev–Trinajstić information content (AvgIpc) is 2.61. The predicted molar refractivity (Wildman–Crippen MR) is 62.6 cm³/mol. The number of hydrogen-bond acceptors (Lipinski definition) is 4. The molecule has 2 N–H and O–H groups in total. The summed E-state index contributed by atoms with van der Waals surface area (Å²) in [6.07, 6.45) is 3.58. The number of nitrogens with two attached hydrogens (primary N) is 1. The van der Waals surface area contributed by atoms with Crippen molar-refractivity contribution in [1.29, 1.82) is 0 Å². The van der Waals surface area contributed by atoms with Crippen LogP contribution < -0.4 is 5.73 Å². The van der Waals surface area contributed by atoms with Crippen LogP contribution in [-0.4, -0.2) is 22.5 Å². The van der Waals surface area contributed by atoms with Crippen molar-refractivity contribution in [2.45, 2.75) is 6.42 Å². The van der Waals surface area contributed by atoms with Crippen LogP contribution in [0, 0.1) is 0 Å². The minimum absolute atomic E-state index is 0. The van der Waals surface area contributed by atoms with Crippen molar-refractivity contribution in [3.63, 3.8) is 0 Å². The molecule has 86 valence electrons. The number of hydrogen-bond donors (Lipinski definition) is 1. The van der Waals surface area contributed by atoms with Crippen molar-refractivity contribution in [2.75, 3.05) is 12.8 Å². The summed E-state index contributed by atoms with van der Waals surface area (Å²) in [7, 11) is 1.35. The lowest BCUT2D eigenvalue weighted by Crippen LogP contribution is -2.08. The normalized spacial score (nSPS) is 9.81. The summed E-state index contributed by atoms with van der Waals surface area (Å²) in [5.74, 6) is 0.314. The molecule has 2 heterocycles. The van der Waals surface area contributed by atoms with Crippen LogP contribution >= 0.6 is 12.4 Å². The number of ether oxygens (including phenoxy) is 1. The molecule has 0 saturated carbocycles. The molecule has 0 unspecified atom stereocenters. The van der Waals surface area contributed by atoms with Gasteiger partial charge in [-0.3, -0.25) is 4.79 Å². The zero-order valence-electron chi connectivity index (χ0n) is 8.71. The molecule has 0 spiro atoms. The highest BCUT2D eigenvalue weighted by Crippen LogP contribution is 2.11. The number of pyridine rings is 1. The van der Waals surface area contributed by atoms with E-state index in [9.17, 15) is 4.79 Å². The quantitative estimate of drug-likeness (QED) is 0.798. The third-order valence-corrected chi connectivity index (χ3v) is 2.16. The first kappa shape index (κ1) is 12.3. The summed E-state index contributed by atoms with van der Waals surface area (Å²) < 4.78 is 6.36. The number of nitrogen functional groups attached to an aromatic ring is 1. The van der Waals surface area contributed by atoms with Gasteiger partial charge in [0.05, 0.1) is 18.8 Å². The van der Waals surface area contributed by atoms with E-state index < -0.39 is 0 Å². The molecule has 0 saturated heterocycles. The number of carbonyl (C=O) groups is 1. The Kier molecular flexibility index (Phi) is 3.73. The van der Waals surface area contributed by atoms with Gasteiger partial charge < -0.3 is 14.9 Å². The van der Waals surface area contributed by atoms with Crippen molar-refractivity contribution >= 4 is 29.6 Å². The first-order valence-corrected chi connectivity index (χ1v) is 4.49. The Labute approximate surface area is 98.6 Å². The second kappa shape index (κ2) is 4.85. The van der Waals surface area contributed by atoms with E-state index in [0.29, 0.717) is 11.5 Å². The van der Waals surface area contributed by atoms with Crippen molar-refractivity contribution in [2.24, 2.45) is 0 Å². The smallest absolute Gasteiger partial charge is 0.313 e. The summed E-state index contributed by atoms with van der Waals surface area (Å²) in [4.78, 5) is 15.2. The number of aromatic nitrogens is 2. The number of anilines is 1. The average molecular weight is 242 g/mol. The fourth-order valence-corrected chi connectivity index (χ4v) is 1.39. The van der Waals surface area contributed by atoms with Gasteiger partial charge >= 0.3 is 5.97 Å². The Hall–Kier alpha value is -1.75. The fraction of sp³-hybridized carbons (Fsp3) is 0.200. The Bertz CT molecular complexity index is 510. The minimum atomic E-state index is -0.315. The highest BCUT2D eigenvalue weighted by atomic mass is 35.5. The number of carbonyl (C=O) groups excluding carboxylic acids is 1. The third kappa shape index (κ3) is 2.25. The molecule has 0 amide bonds. The van der Waals surface area contributed by atoms with Gasteiger partial charge in [0.25, 0.3) is 0 Å². The van der Waals surface area contributed by atoms with Crippen molar-refractivity contribution in [3.05, 3.63) is 30.4 Å². The lowest BCUT2D eigenvalue weighted by atomic mass is 10.3.